The fourth-order valence-electron chi connectivity index (χ4n) is 3.83. The van der Waals surface area contributed by atoms with Crippen molar-refractivity contribution < 1.29 is 14.3 Å². The molecule has 1 amide bonds. The fraction of sp³-hybridized carbons (Fsp3) is 0.450. The predicted octanol–water partition coefficient (Wildman–Crippen LogP) is 1.52. The summed E-state index contributed by atoms with van der Waals surface area (Å²) in [5.41, 5.74) is 2.47. The number of ether oxygens (including phenoxy) is 2. The third kappa shape index (κ3) is 3.79. The van der Waals surface area contributed by atoms with E-state index in [0.717, 1.165) is 24.5 Å². The van der Waals surface area contributed by atoms with Crippen LogP contribution in [0.25, 0.3) is 0 Å². The second kappa shape index (κ2) is 7.62. The van der Waals surface area contributed by atoms with Gasteiger partial charge in [0.15, 0.2) is 0 Å². The van der Waals surface area contributed by atoms with Gasteiger partial charge < -0.3 is 14.4 Å². The lowest BCUT2D eigenvalue weighted by Crippen LogP contribution is -2.50. The van der Waals surface area contributed by atoms with Gasteiger partial charge in [-0.3, -0.25) is 14.7 Å². The van der Waals surface area contributed by atoms with E-state index in [9.17, 15) is 4.79 Å². The number of pyridine rings is 2. The van der Waals surface area contributed by atoms with E-state index >= 15 is 0 Å². The maximum atomic E-state index is 12.9. The second-order valence-electron chi connectivity index (χ2n) is 6.99. The van der Waals surface area contributed by atoms with E-state index < -0.39 is 0 Å². The van der Waals surface area contributed by atoms with E-state index in [1.165, 1.54) is 0 Å². The molecule has 2 fully saturated rings. The number of hydrogen-bond donors (Lipinski definition) is 0. The summed E-state index contributed by atoms with van der Waals surface area (Å²) in [7, 11) is 1.55. The minimum absolute atomic E-state index is 0.0260. The van der Waals surface area contributed by atoms with E-state index in [0.29, 0.717) is 31.3 Å². The number of hydrogen-bond acceptors (Lipinski definition) is 6. The van der Waals surface area contributed by atoms with E-state index in [4.69, 9.17) is 9.47 Å². The Morgan fingerprint density at radius 1 is 1.22 bits per heavy atom. The summed E-state index contributed by atoms with van der Waals surface area (Å²) in [6.07, 6.45) is 0.0260. The summed E-state index contributed by atoms with van der Waals surface area (Å²) in [5.74, 6) is 0.362. The molecule has 142 valence electrons. The molecule has 4 heterocycles. The van der Waals surface area contributed by atoms with Crippen molar-refractivity contribution in [3.63, 3.8) is 0 Å². The van der Waals surface area contributed by atoms with Gasteiger partial charge in [-0.15, -0.1) is 0 Å². The maximum Gasteiger partial charge on any atom is 0.272 e. The number of morpholine rings is 1. The quantitative estimate of drug-likeness (QED) is 0.815. The average molecular weight is 368 g/mol. The third-order valence-corrected chi connectivity index (χ3v) is 5.17. The molecular weight excluding hydrogens is 344 g/mol. The first-order valence-electron chi connectivity index (χ1n) is 9.22. The largest absolute Gasteiger partial charge is 0.481 e. The SMILES string of the molecule is COc1cccc(C(=O)N2C[C@@H]3OCCN(Cc4cccc(C)n4)[C@H]3C2)n1. The number of likely N-dealkylation sites (tertiary alicyclic amines) is 1. The Labute approximate surface area is 158 Å². The van der Waals surface area contributed by atoms with Gasteiger partial charge in [0.2, 0.25) is 5.88 Å². The van der Waals surface area contributed by atoms with Crippen LogP contribution in [0, 0.1) is 6.92 Å². The highest BCUT2D eigenvalue weighted by molar-refractivity contribution is 5.92. The van der Waals surface area contributed by atoms with Crippen molar-refractivity contribution in [2.45, 2.75) is 25.6 Å². The number of fused-ring (bicyclic) bond motifs is 1. The lowest BCUT2D eigenvalue weighted by molar-refractivity contribution is -0.0507. The molecular formula is C20H24N4O3. The summed E-state index contributed by atoms with van der Waals surface area (Å²) in [4.78, 5) is 26.0. The molecule has 4 rings (SSSR count). The first kappa shape index (κ1) is 17.9. The molecule has 2 saturated heterocycles. The maximum absolute atomic E-state index is 12.9. The van der Waals surface area contributed by atoms with Gasteiger partial charge >= 0.3 is 0 Å². The van der Waals surface area contributed by atoms with Crippen molar-refractivity contribution in [1.82, 2.24) is 19.8 Å². The highest BCUT2D eigenvalue weighted by atomic mass is 16.5. The lowest BCUT2D eigenvalue weighted by Gasteiger charge is -2.36. The number of nitrogens with zero attached hydrogens (tertiary/aromatic N) is 4. The van der Waals surface area contributed by atoms with Crippen LogP contribution in [-0.2, 0) is 11.3 Å². The van der Waals surface area contributed by atoms with Gasteiger partial charge in [-0.25, -0.2) is 4.98 Å². The zero-order chi connectivity index (χ0) is 18.8. The zero-order valence-electron chi connectivity index (χ0n) is 15.7. The molecule has 2 atom stereocenters. The third-order valence-electron chi connectivity index (χ3n) is 5.17. The van der Waals surface area contributed by atoms with Crippen molar-refractivity contribution >= 4 is 5.91 Å². The Bertz CT molecular complexity index is 828. The van der Waals surface area contributed by atoms with Gasteiger partial charge in [0.05, 0.1) is 31.6 Å². The van der Waals surface area contributed by atoms with Gasteiger partial charge in [0.25, 0.3) is 5.91 Å². The first-order valence-corrected chi connectivity index (χ1v) is 9.22. The van der Waals surface area contributed by atoms with E-state index in [-0.39, 0.29) is 18.1 Å². The van der Waals surface area contributed by atoms with Crippen molar-refractivity contribution in [3.8, 4) is 5.88 Å². The van der Waals surface area contributed by atoms with Gasteiger partial charge in [0, 0.05) is 37.9 Å². The van der Waals surface area contributed by atoms with Crippen LogP contribution in [-0.4, -0.2) is 71.2 Å². The standard InChI is InChI=1S/C20H24N4O3/c1-14-5-3-6-15(21-14)11-23-9-10-27-18-13-24(12-17(18)23)20(25)16-7-4-8-19(22-16)26-2/h3-8,17-18H,9-13H2,1-2H3/t17-,18-/m0/s1. The van der Waals surface area contributed by atoms with Crippen molar-refractivity contribution in [2.24, 2.45) is 0 Å². The summed E-state index contributed by atoms with van der Waals surface area (Å²) in [6.45, 7) is 5.51. The Balaban J connectivity index is 1.47. The molecule has 27 heavy (non-hydrogen) atoms. The minimum atomic E-state index is -0.0828. The molecule has 2 aliphatic heterocycles. The summed E-state index contributed by atoms with van der Waals surface area (Å²) >= 11 is 0. The van der Waals surface area contributed by atoms with Crippen molar-refractivity contribution in [1.29, 1.82) is 0 Å². The molecule has 0 N–H and O–H groups in total. The van der Waals surface area contributed by atoms with E-state index in [2.05, 4.69) is 20.9 Å². The molecule has 0 bridgehead atoms. The van der Waals surface area contributed by atoms with Crippen LogP contribution >= 0.6 is 0 Å². The molecule has 2 aliphatic rings. The van der Waals surface area contributed by atoms with Crippen LogP contribution in [0.4, 0.5) is 0 Å². The van der Waals surface area contributed by atoms with Gasteiger partial charge in [-0.05, 0) is 25.1 Å². The van der Waals surface area contributed by atoms with Crippen LogP contribution in [0.15, 0.2) is 36.4 Å². The zero-order valence-corrected chi connectivity index (χ0v) is 15.7. The Kier molecular flexibility index (Phi) is 5.05. The smallest absolute Gasteiger partial charge is 0.272 e. The monoisotopic (exact) mass is 368 g/mol. The molecule has 0 unspecified atom stereocenters. The molecule has 2 aromatic heterocycles. The summed E-state index contributed by atoms with van der Waals surface area (Å²) in [5, 5.41) is 0. The van der Waals surface area contributed by atoms with Crippen molar-refractivity contribution in [3.05, 3.63) is 53.5 Å². The highest BCUT2D eigenvalue weighted by Gasteiger charge is 2.42. The number of carbonyl (C=O) groups excluding carboxylic acids is 1. The molecule has 0 aliphatic carbocycles. The Hall–Kier alpha value is -2.51. The number of carbonyl (C=O) groups is 1. The van der Waals surface area contributed by atoms with Gasteiger partial charge in [-0.2, -0.15) is 0 Å². The number of rotatable bonds is 4. The van der Waals surface area contributed by atoms with E-state index in [1.807, 2.05) is 24.0 Å². The minimum Gasteiger partial charge on any atom is -0.481 e. The molecule has 0 saturated carbocycles. The van der Waals surface area contributed by atoms with Crippen LogP contribution < -0.4 is 4.74 Å². The average Bonchev–Trinajstić information content (AvgIpc) is 3.13. The molecule has 0 aromatic carbocycles. The van der Waals surface area contributed by atoms with Crippen LogP contribution in [0.3, 0.4) is 0 Å². The van der Waals surface area contributed by atoms with Crippen LogP contribution in [0.5, 0.6) is 5.88 Å². The van der Waals surface area contributed by atoms with Crippen LogP contribution in [0.2, 0.25) is 0 Å². The fourth-order valence-corrected chi connectivity index (χ4v) is 3.83. The Morgan fingerprint density at radius 3 is 2.89 bits per heavy atom. The summed E-state index contributed by atoms with van der Waals surface area (Å²) in [6, 6.07) is 11.5. The van der Waals surface area contributed by atoms with Gasteiger partial charge in [0.1, 0.15) is 5.69 Å². The molecule has 7 nitrogen and oxygen atoms in total. The predicted molar refractivity (Wildman–Crippen MR) is 99.6 cm³/mol. The van der Waals surface area contributed by atoms with Gasteiger partial charge in [-0.1, -0.05) is 12.1 Å². The molecule has 2 aromatic rings. The first-order chi connectivity index (χ1) is 13.1. The number of aryl methyl sites for hydroxylation is 1. The number of methoxy groups -OCH3 is 1. The summed E-state index contributed by atoms with van der Waals surface area (Å²) < 4.78 is 11.1. The molecule has 0 spiro atoms. The van der Waals surface area contributed by atoms with Crippen molar-refractivity contribution in [2.75, 3.05) is 33.4 Å². The molecule has 7 heteroatoms. The highest BCUT2D eigenvalue weighted by Crippen LogP contribution is 2.25. The number of aromatic nitrogens is 2. The normalized spacial score (nSPS) is 22.5. The number of amides is 1. The van der Waals surface area contributed by atoms with E-state index in [1.54, 1.807) is 25.3 Å². The molecule has 0 radical (unpaired) electrons. The lowest BCUT2D eigenvalue weighted by atomic mass is 10.1. The Morgan fingerprint density at radius 2 is 2.07 bits per heavy atom. The topological polar surface area (TPSA) is 67.8 Å². The van der Waals surface area contributed by atoms with Crippen LogP contribution in [0.1, 0.15) is 21.9 Å². The second-order valence-corrected chi connectivity index (χ2v) is 6.99.